The summed E-state index contributed by atoms with van der Waals surface area (Å²) < 4.78 is 13.6. The molecule has 0 aromatic heterocycles. The second-order valence-corrected chi connectivity index (χ2v) is 4.60. The zero-order valence-corrected chi connectivity index (χ0v) is 9.73. The van der Waals surface area contributed by atoms with E-state index in [0.29, 0.717) is 23.7 Å². The van der Waals surface area contributed by atoms with Gasteiger partial charge in [0.15, 0.2) is 0 Å². The minimum Gasteiger partial charge on any atom is -0.382 e. The molecule has 0 unspecified atom stereocenters. The highest BCUT2D eigenvalue weighted by Gasteiger charge is 2.33. The fraction of sp³-hybridized carbons (Fsp3) is 0.385. The van der Waals surface area contributed by atoms with Crippen LogP contribution in [-0.2, 0) is 9.63 Å². The number of rotatable bonds is 3. The smallest absolute Gasteiger partial charge is 0.264 e. The third-order valence-electron chi connectivity index (χ3n) is 3.07. The first kappa shape index (κ1) is 11.2. The van der Waals surface area contributed by atoms with Crippen molar-refractivity contribution in [2.45, 2.75) is 31.4 Å². The second-order valence-electron chi connectivity index (χ2n) is 4.60. The van der Waals surface area contributed by atoms with E-state index in [2.05, 4.69) is 10.5 Å². The van der Waals surface area contributed by atoms with Crippen LogP contribution in [0.3, 0.4) is 0 Å². The Balaban J connectivity index is 1.67. The molecule has 1 saturated carbocycles. The first-order valence-corrected chi connectivity index (χ1v) is 6.02. The molecule has 1 heterocycles. The van der Waals surface area contributed by atoms with Crippen molar-refractivity contribution in [1.29, 1.82) is 0 Å². The number of amides is 1. The van der Waals surface area contributed by atoms with Gasteiger partial charge >= 0.3 is 0 Å². The zero-order valence-electron chi connectivity index (χ0n) is 9.73. The van der Waals surface area contributed by atoms with Crippen molar-refractivity contribution in [2.24, 2.45) is 5.16 Å². The summed E-state index contributed by atoms with van der Waals surface area (Å²) in [6, 6.07) is 6.65. The Morgan fingerprint density at radius 2 is 2.17 bits per heavy atom. The topological polar surface area (TPSA) is 50.7 Å². The highest BCUT2D eigenvalue weighted by molar-refractivity contribution is 6.04. The van der Waals surface area contributed by atoms with Crippen LogP contribution < -0.4 is 5.32 Å². The van der Waals surface area contributed by atoms with E-state index in [9.17, 15) is 9.18 Å². The molecule has 0 bridgehead atoms. The molecule has 1 amide bonds. The highest BCUT2D eigenvalue weighted by atomic mass is 19.1. The molecule has 0 spiro atoms. The molecule has 94 valence electrons. The monoisotopic (exact) mass is 248 g/mol. The normalized spacial score (nSPS) is 22.3. The van der Waals surface area contributed by atoms with Gasteiger partial charge in [-0.05, 0) is 18.9 Å². The minimum atomic E-state index is -0.625. The molecule has 0 radical (unpaired) electrons. The number of oxime groups is 1. The van der Waals surface area contributed by atoms with Crippen LogP contribution in [-0.4, -0.2) is 23.8 Å². The Bertz CT molecular complexity index is 511. The fourth-order valence-electron chi connectivity index (χ4n) is 1.89. The lowest BCUT2D eigenvalue weighted by Crippen LogP contribution is -2.36. The molecular formula is C13H13FN2O2. The molecule has 18 heavy (non-hydrogen) atoms. The molecule has 1 aromatic carbocycles. The van der Waals surface area contributed by atoms with Crippen molar-refractivity contribution in [2.75, 3.05) is 0 Å². The SMILES string of the molecule is O=C(NC1CC1)[C@@H]1CC(c2ccccc2F)=NO1. The lowest BCUT2D eigenvalue weighted by atomic mass is 10.0. The molecule has 5 heteroatoms. The van der Waals surface area contributed by atoms with Crippen LogP contribution in [0.1, 0.15) is 24.8 Å². The Morgan fingerprint density at radius 1 is 1.39 bits per heavy atom. The molecule has 1 aliphatic heterocycles. The first-order chi connectivity index (χ1) is 8.74. The quantitative estimate of drug-likeness (QED) is 0.883. The van der Waals surface area contributed by atoms with Crippen LogP contribution >= 0.6 is 0 Å². The van der Waals surface area contributed by atoms with Gasteiger partial charge in [-0.25, -0.2) is 4.39 Å². The first-order valence-electron chi connectivity index (χ1n) is 6.02. The minimum absolute atomic E-state index is 0.160. The average Bonchev–Trinajstić information content (AvgIpc) is 3.04. The van der Waals surface area contributed by atoms with Crippen molar-refractivity contribution < 1.29 is 14.0 Å². The van der Waals surface area contributed by atoms with Gasteiger partial charge in [0.05, 0.1) is 5.71 Å². The van der Waals surface area contributed by atoms with E-state index in [1.807, 2.05) is 0 Å². The molecule has 1 aromatic rings. The summed E-state index contributed by atoms with van der Waals surface area (Å²) in [4.78, 5) is 16.8. The van der Waals surface area contributed by atoms with E-state index in [-0.39, 0.29) is 11.7 Å². The summed E-state index contributed by atoms with van der Waals surface area (Å²) in [5.41, 5.74) is 0.892. The number of halogens is 1. The molecule has 0 saturated heterocycles. The van der Waals surface area contributed by atoms with Gasteiger partial charge < -0.3 is 10.2 Å². The van der Waals surface area contributed by atoms with E-state index in [0.717, 1.165) is 12.8 Å². The maximum Gasteiger partial charge on any atom is 0.264 e. The number of carbonyl (C=O) groups excluding carboxylic acids is 1. The summed E-state index contributed by atoms with van der Waals surface area (Å²) in [6.07, 6.45) is 1.75. The lowest BCUT2D eigenvalue weighted by Gasteiger charge is -2.08. The van der Waals surface area contributed by atoms with Crippen LogP contribution in [0, 0.1) is 5.82 Å². The van der Waals surface area contributed by atoms with Gasteiger partial charge in [0, 0.05) is 18.0 Å². The van der Waals surface area contributed by atoms with Gasteiger partial charge in [0.25, 0.3) is 5.91 Å². The Morgan fingerprint density at radius 3 is 2.89 bits per heavy atom. The third kappa shape index (κ3) is 2.20. The van der Waals surface area contributed by atoms with Crippen LogP contribution in [0.2, 0.25) is 0 Å². The number of benzene rings is 1. The molecule has 1 N–H and O–H groups in total. The van der Waals surface area contributed by atoms with Crippen LogP contribution in [0.4, 0.5) is 4.39 Å². The molecule has 1 atom stereocenters. The van der Waals surface area contributed by atoms with Crippen molar-refractivity contribution in [3.05, 3.63) is 35.6 Å². The largest absolute Gasteiger partial charge is 0.382 e. The maximum absolute atomic E-state index is 13.6. The molecular weight excluding hydrogens is 235 g/mol. The van der Waals surface area contributed by atoms with Gasteiger partial charge in [-0.2, -0.15) is 0 Å². The van der Waals surface area contributed by atoms with Gasteiger partial charge in [-0.1, -0.05) is 23.4 Å². The van der Waals surface area contributed by atoms with Crippen LogP contribution in [0.25, 0.3) is 0 Å². The molecule has 4 nitrogen and oxygen atoms in total. The highest BCUT2D eigenvalue weighted by Crippen LogP contribution is 2.22. The van der Waals surface area contributed by atoms with Crippen molar-refractivity contribution in [3.8, 4) is 0 Å². The molecule has 1 aliphatic carbocycles. The summed E-state index contributed by atoms with van der Waals surface area (Å²) in [7, 11) is 0. The van der Waals surface area contributed by atoms with Gasteiger partial charge in [0.1, 0.15) is 5.82 Å². The number of hydrogen-bond acceptors (Lipinski definition) is 3. The third-order valence-corrected chi connectivity index (χ3v) is 3.07. The predicted molar refractivity (Wildman–Crippen MR) is 63.6 cm³/mol. The van der Waals surface area contributed by atoms with E-state index in [1.165, 1.54) is 6.07 Å². The van der Waals surface area contributed by atoms with E-state index < -0.39 is 6.10 Å². The van der Waals surface area contributed by atoms with Crippen molar-refractivity contribution in [1.82, 2.24) is 5.32 Å². The van der Waals surface area contributed by atoms with Gasteiger partial charge in [-0.3, -0.25) is 4.79 Å². The Hall–Kier alpha value is -1.91. The average molecular weight is 248 g/mol. The number of carbonyl (C=O) groups is 1. The van der Waals surface area contributed by atoms with E-state index >= 15 is 0 Å². The lowest BCUT2D eigenvalue weighted by molar-refractivity contribution is -0.131. The zero-order chi connectivity index (χ0) is 12.5. The predicted octanol–water partition coefficient (Wildman–Crippen LogP) is 1.60. The Kier molecular flexibility index (Phi) is 2.74. The standard InChI is InChI=1S/C13H13FN2O2/c14-10-4-2-1-3-9(10)11-7-12(18-16-11)13(17)15-8-5-6-8/h1-4,8,12H,5-7H2,(H,15,17)/t12-/m0/s1. The molecule has 1 fully saturated rings. The summed E-state index contributed by atoms with van der Waals surface area (Å²) in [6.45, 7) is 0. The van der Waals surface area contributed by atoms with E-state index in [1.54, 1.807) is 18.2 Å². The number of hydrogen-bond donors (Lipinski definition) is 1. The summed E-state index contributed by atoms with van der Waals surface area (Å²) >= 11 is 0. The number of nitrogens with one attached hydrogen (secondary N) is 1. The maximum atomic E-state index is 13.6. The van der Waals surface area contributed by atoms with E-state index in [4.69, 9.17) is 4.84 Å². The fourth-order valence-corrected chi connectivity index (χ4v) is 1.89. The van der Waals surface area contributed by atoms with Crippen molar-refractivity contribution >= 4 is 11.6 Å². The Labute approximate surface area is 104 Å². The summed E-state index contributed by atoms with van der Waals surface area (Å²) in [5.74, 6) is -0.504. The van der Waals surface area contributed by atoms with Crippen LogP contribution in [0.5, 0.6) is 0 Å². The van der Waals surface area contributed by atoms with Gasteiger partial charge in [0.2, 0.25) is 6.10 Å². The molecule has 2 aliphatic rings. The summed E-state index contributed by atoms with van der Waals surface area (Å²) in [5, 5.41) is 6.66. The number of nitrogens with zero attached hydrogens (tertiary/aromatic N) is 1. The van der Waals surface area contributed by atoms with Gasteiger partial charge in [-0.15, -0.1) is 0 Å². The molecule has 3 rings (SSSR count). The van der Waals surface area contributed by atoms with Crippen LogP contribution in [0.15, 0.2) is 29.4 Å². The van der Waals surface area contributed by atoms with Crippen molar-refractivity contribution in [3.63, 3.8) is 0 Å². The second kappa shape index (κ2) is 4.40.